The van der Waals surface area contributed by atoms with Crippen LogP contribution < -0.4 is 10.5 Å². The number of likely N-dealkylation sites (N-methyl/N-ethyl adjacent to an activating group) is 1. The van der Waals surface area contributed by atoms with Crippen molar-refractivity contribution >= 4 is 17.2 Å². The maximum absolute atomic E-state index is 5.74. The Morgan fingerprint density at radius 1 is 1.43 bits per heavy atom. The lowest BCUT2D eigenvalue weighted by molar-refractivity contribution is 0.0878. The molecule has 1 saturated heterocycles. The molecule has 4 nitrogen and oxygen atoms in total. The van der Waals surface area contributed by atoms with E-state index >= 15 is 0 Å². The molecule has 2 N–H and O–H groups in total. The van der Waals surface area contributed by atoms with Crippen LogP contribution in [0.25, 0.3) is 0 Å². The Hall–Kier alpha value is -1.17. The summed E-state index contributed by atoms with van der Waals surface area (Å²) in [5.41, 5.74) is 7.80. The van der Waals surface area contributed by atoms with Gasteiger partial charge in [-0.2, -0.15) is 0 Å². The highest BCUT2D eigenvalue weighted by Gasteiger charge is 2.23. The second kappa shape index (κ2) is 7.20. The predicted molar refractivity (Wildman–Crippen MR) is 90.9 cm³/mol. The number of nitrogens with two attached hydrogens (primary N) is 1. The second-order valence-electron chi connectivity index (χ2n) is 5.67. The largest absolute Gasteiger partial charge is 0.496 e. The maximum atomic E-state index is 5.74. The van der Waals surface area contributed by atoms with Gasteiger partial charge in [-0.25, -0.2) is 0 Å². The molecule has 1 aromatic carbocycles. The molecule has 1 unspecified atom stereocenters. The summed E-state index contributed by atoms with van der Waals surface area (Å²) in [5, 5.41) is 0. The molecule has 1 atom stereocenters. The zero-order valence-electron chi connectivity index (χ0n) is 13.1. The monoisotopic (exact) mass is 307 g/mol. The maximum Gasteiger partial charge on any atom is 0.123 e. The van der Waals surface area contributed by atoms with Gasteiger partial charge in [0.15, 0.2) is 0 Å². The minimum atomic E-state index is 0.434. The number of thiocarbonyl (C=S) groups is 1. The van der Waals surface area contributed by atoms with Crippen molar-refractivity contribution < 1.29 is 4.74 Å². The molecular weight excluding hydrogens is 282 g/mol. The van der Waals surface area contributed by atoms with E-state index in [9.17, 15) is 0 Å². The van der Waals surface area contributed by atoms with E-state index in [1.54, 1.807) is 7.11 Å². The van der Waals surface area contributed by atoms with E-state index < -0.39 is 0 Å². The number of benzene rings is 1. The topological polar surface area (TPSA) is 41.7 Å². The molecule has 0 bridgehead atoms. The number of rotatable bonds is 5. The zero-order chi connectivity index (χ0) is 15.4. The van der Waals surface area contributed by atoms with Crippen LogP contribution in [0.2, 0.25) is 0 Å². The number of methoxy groups -OCH3 is 1. The summed E-state index contributed by atoms with van der Waals surface area (Å²) in [6.45, 7) is 6.40. The lowest BCUT2D eigenvalue weighted by atomic mass is 10.1. The molecule has 1 aromatic rings. The lowest BCUT2D eigenvalue weighted by Gasteiger charge is -2.39. The summed E-state index contributed by atoms with van der Waals surface area (Å²) in [4.78, 5) is 5.36. The van der Waals surface area contributed by atoms with Crippen LogP contribution in [-0.2, 0) is 6.54 Å². The van der Waals surface area contributed by atoms with Crippen LogP contribution in [0.5, 0.6) is 5.75 Å². The van der Waals surface area contributed by atoms with Crippen LogP contribution in [0.3, 0.4) is 0 Å². The molecular formula is C16H25N3OS. The van der Waals surface area contributed by atoms with Crippen LogP contribution in [0, 0.1) is 0 Å². The molecule has 0 radical (unpaired) electrons. The molecule has 2 rings (SSSR count). The smallest absolute Gasteiger partial charge is 0.123 e. The van der Waals surface area contributed by atoms with Gasteiger partial charge in [-0.3, -0.25) is 4.90 Å². The quantitative estimate of drug-likeness (QED) is 0.841. The minimum absolute atomic E-state index is 0.434. The molecule has 116 valence electrons. The first-order valence-electron chi connectivity index (χ1n) is 7.44. The molecule has 0 saturated carbocycles. The molecule has 1 aliphatic rings. The van der Waals surface area contributed by atoms with Crippen LogP contribution in [0.4, 0.5) is 0 Å². The van der Waals surface area contributed by atoms with E-state index in [0.29, 0.717) is 11.0 Å². The van der Waals surface area contributed by atoms with Crippen molar-refractivity contribution in [3.63, 3.8) is 0 Å². The second-order valence-corrected chi connectivity index (χ2v) is 6.11. The van der Waals surface area contributed by atoms with Gasteiger partial charge in [-0.05, 0) is 31.7 Å². The first-order chi connectivity index (χ1) is 10.0. The van der Waals surface area contributed by atoms with Crippen LogP contribution in [-0.4, -0.2) is 54.6 Å². The van der Waals surface area contributed by atoms with Gasteiger partial charge in [0.25, 0.3) is 0 Å². The average Bonchev–Trinajstić information content (AvgIpc) is 2.49. The summed E-state index contributed by atoms with van der Waals surface area (Å²) in [7, 11) is 3.91. The van der Waals surface area contributed by atoms with Crippen molar-refractivity contribution in [3.05, 3.63) is 29.3 Å². The molecule has 0 amide bonds. The number of piperazine rings is 1. The summed E-state index contributed by atoms with van der Waals surface area (Å²) < 4.78 is 5.47. The zero-order valence-corrected chi connectivity index (χ0v) is 13.9. The third-order valence-corrected chi connectivity index (χ3v) is 4.53. The lowest BCUT2D eigenvalue weighted by Crippen LogP contribution is -2.50. The molecule has 0 spiro atoms. The predicted octanol–water partition coefficient (Wildman–Crippen LogP) is 1.86. The Balaban J connectivity index is 2.14. The Morgan fingerprint density at radius 2 is 2.19 bits per heavy atom. The van der Waals surface area contributed by atoms with E-state index in [1.165, 1.54) is 6.42 Å². The number of hydrogen-bond acceptors (Lipinski definition) is 4. The fraction of sp³-hybridized carbons (Fsp3) is 0.562. The SMILES string of the molecule is CCC1CN(Cc2cc(C(N)=S)ccc2OC)CCN1C. The van der Waals surface area contributed by atoms with Gasteiger partial charge >= 0.3 is 0 Å². The van der Waals surface area contributed by atoms with E-state index in [1.807, 2.05) is 12.1 Å². The Labute approximate surface area is 132 Å². The molecule has 1 heterocycles. The third kappa shape index (κ3) is 3.93. The van der Waals surface area contributed by atoms with Crippen molar-refractivity contribution in [2.75, 3.05) is 33.8 Å². The van der Waals surface area contributed by atoms with Crippen molar-refractivity contribution in [3.8, 4) is 5.75 Å². The number of ether oxygens (including phenoxy) is 1. The molecule has 5 heteroatoms. The van der Waals surface area contributed by atoms with Gasteiger partial charge in [0.1, 0.15) is 10.7 Å². The van der Waals surface area contributed by atoms with Gasteiger partial charge in [-0.1, -0.05) is 19.1 Å². The van der Waals surface area contributed by atoms with Crippen LogP contribution >= 0.6 is 12.2 Å². The van der Waals surface area contributed by atoms with Crippen molar-refractivity contribution in [2.45, 2.75) is 25.9 Å². The molecule has 1 aliphatic heterocycles. The van der Waals surface area contributed by atoms with E-state index in [4.69, 9.17) is 22.7 Å². The Bertz CT molecular complexity index is 506. The third-order valence-electron chi connectivity index (χ3n) is 4.29. The van der Waals surface area contributed by atoms with Gasteiger partial charge in [0.05, 0.1) is 7.11 Å². The van der Waals surface area contributed by atoms with Gasteiger partial charge in [0, 0.05) is 43.3 Å². The van der Waals surface area contributed by atoms with E-state index in [-0.39, 0.29) is 0 Å². The highest BCUT2D eigenvalue weighted by molar-refractivity contribution is 7.80. The number of hydrogen-bond donors (Lipinski definition) is 1. The highest BCUT2D eigenvalue weighted by atomic mass is 32.1. The van der Waals surface area contributed by atoms with Crippen molar-refractivity contribution in [1.29, 1.82) is 0 Å². The summed E-state index contributed by atoms with van der Waals surface area (Å²) >= 11 is 5.08. The normalized spacial score (nSPS) is 20.4. The van der Waals surface area contributed by atoms with Gasteiger partial charge < -0.3 is 15.4 Å². The molecule has 1 fully saturated rings. The highest BCUT2D eigenvalue weighted by Crippen LogP contribution is 2.23. The Morgan fingerprint density at radius 3 is 2.81 bits per heavy atom. The van der Waals surface area contributed by atoms with Crippen molar-refractivity contribution in [1.82, 2.24) is 9.80 Å². The van der Waals surface area contributed by atoms with Gasteiger partial charge in [0.2, 0.25) is 0 Å². The van der Waals surface area contributed by atoms with E-state index in [2.05, 4.69) is 29.8 Å². The average molecular weight is 307 g/mol. The van der Waals surface area contributed by atoms with Gasteiger partial charge in [-0.15, -0.1) is 0 Å². The van der Waals surface area contributed by atoms with Crippen LogP contribution in [0.1, 0.15) is 24.5 Å². The number of nitrogens with zero attached hydrogens (tertiary/aromatic N) is 2. The fourth-order valence-corrected chi connectivity index (χ4v) is 3.02. The summed E-state index contributed by atoms with van der Waals surface area (Å²) in [6.07, 6.45) is 1.18. The van der Waals surface area contributed by atoms with Crippen LogP contribution in [0.15, 0.2) is 18.2 Å². The first-order valence-corrected chi connectivity index (χ1v) is 7.85. The minimum Gasteiger partial charge on any atom is -0.496 e. The standard InChI is InChI=1S/C16H25N3OS/c1-4-14-11-19(8-7-18(14)2)10-13-9-12(16(17)21)5-6-15(13)20-3/h5-6,9,14H,4,7-8,10-11H2,1-3H3,(H2,17,21). The van der Waals surface area contributed by atoms with E-state index in [0.717, 1.165) is 43.1 Å². The summed E-state index contributed by atoms with van der Waals surface area (Å²) in [5.74, 6) is 0.905. The molecule has 21 heavy (non-hydrogen) atoms. The first kappa shape index (κ1) is 16.2. The van der Waals surface area contributed by atoms with Crippen molar-refractivity contribution in [2.24, 2.45) is 5.73 Å². The Kier molecular flexibility index (Phi) is 5.56. The summed E-state index contributed by atoms with van der Waals surface area (Å²) in [6, 6.07) is 6.56. The fourth-order valence-electron chi connectivity index (χ4n) is 2.89. The molecule has 0 aromatic heterocycles. The molecule has 0 aliphatic carbocycles.